The number of nitrogens with one attached hydrogen (secondary N) is 1. The monoisotopic (exact) mass is 167 g/mol. The predicted octanol–water partition coefficient (Wildman–Crippen LogP) is 2.73. The van der Waals surface area contributed by atoms with Crippen molar-refractivity contribution in [2.75, 3.05) is 7.05 Å². The standard InChI is InChI=1S/C11H21N/c1-3-6-10-7-4-5-8-11(9-10)12-2/h3,10-12H,1,4-9H2,2H3. The minimum Gasteiger partial charge on any atom is -0.317 e. The lowest BCUT2D eigenvalue weighted by atomic mass is 9.95. The molecule has 0 aromatic heterocycles. The molecule has 1 aliphatic rings. The molecule has 0 radical (unpaired) electrons. The van der Waals surface area contributed by atoms with Crippen molar-refractivity contribution in [3.8, 4) is 0 Å². The van der Waals surface area contributed by atoms with Crippen LogP contribution in [0, 0.1) is 5.92 Å². The summed E-state index contributed by atoms with van der Waals surface area (Å²) in [6.45, 7) is 3.82. The van der Waals surface area contributed by atoms with Gasteiger partial charge in [-0.1, -0.05) is 25.3 Å². The highest BCUT2D eigenvalue weighted by molar-refractivity contribution is 4.80. The molecule has 1 nitrogen and oxygen atoms in total. The average Bonchev–Trinajstić information content (AvgIpc) is 2.30. The molecule has 0 heterocycles. The normalized spacial score (nSPS) is 31.1. The average molecular weight is 167 g/mol. The zero-order valence-corrected chi connectivity index (χ0v) is 8.18. The molecule has 1 saturated carbocycles. The van der Waals surface area contributed by atoms with Crippen LogP contribution in [0.25, 0.3) is 0 Å². The van der Waals surface area contributed by atoms with E-state index in [1.54, 1.807) is 0 Å². The Balaban J connectivity index is 2.35. The first kappa shape index (κ1) is 9.79. The third kappa shape index (κ3) is 2.98. The van der Waals surface area contributed by atoms with E-state index < -0.39 is 0 Å². The largest absolute Gasteiger partial charge is 0.317 e. The first-order chi connectivity index (χ1) is 5.86. The molecular formula is C11H21N. The van der Waals surface area contributed by atoms with Gasteiger partial charge in [-0.05, 0) is 32.2 Å². The molecule has 0 spiro atoms. The SMILES string of the molecule is C=CCC1CCCCC(NC)C1. The van der Waals surface area contributed by atoms with E-state index in [2.05, 4.69) is 25.0 Å². The Bertz CT molecular complexity index is 131. The van der Waals surface area contributed by atoms with Crippen LogP contribution in [-0.4, -0.2) is 13.1 Å². The van der Waals surface area contributed by atoms with Crippen LogP contribution in [0.5, 0.6) is 0 Å². The fraction of sp³-hybridized carbons (Fsp3) is 0.818. The van der Waals surface area contributed by atoms with Crippen LogP contribution in [0.2, 0.25) is 0 Å². The van der Waals surface area contributed by atoms with Crippen LogP contribution in [0.15, 0.2) is 12.7 Å². The van der Waals surface area contributed by atoms with E-state index in [1.807, 2.05) is 0 Å². The Hall–Kier alpha value is -0.300. The summed E-state index contributed by atoms with van der Waals surface area (Å²) >= 11 is 0. The highest BCUT2D eigenvalue weighted by Crippen LogP contribution is 2.25. The maximum atomic E-state index is 3.82. The number of allylic oxidation sites excluding steroid dienone is 1. The molecule has 1 rings (SSSR count). The van der Waals surface area contributed by atoms with Crippen molar-refractivity contribution in [1.82, 2.24) is 5.32 Å². The van der Waals surface area contributed by atoms with Crippen molar-refractivity contribution in [3.63, 3.8) is 0 Å². The van der Waals surface area contributed by atoms with Crippen molar-refractivity contribution in [2.24, 2.45) is 5.92 Å². The minimum absolute atomic E-state index is 0.762. The Morgan fingerprint density at radius 2 is 2.17 bits per heavy atom. The lowest BCUT2D eigenvalue weighted by Gasteiger charge is -2.17. The molecule has 0 aliphatic heterocycles. The van der Waals surface area contributed by atoms with E-state index in [-0.39, 0.29) is 0 Å². The first-order valence-electron chi connectivity index (χ1n) is 5.15. The van der Waals surface area contributed by atoms with E-state index in [0.717, 1.165) is 12.0 Å². The highest BCUT2D eigenvalue weighted by Gasteiger charge is 2.17. The fourth-order valence-corrected chi connectivity index (χ4v) is 2.17. The number of hydrogen-bond donors (Lipinski definition) is 1. The van der Waals surface area contributed by atoms with Gasteiger partial charge in [-0.25, -0.2) is 0 Å². The summed E-state index contributed by atoms with van der Waals surface area (Å²) in [6, 6.07) is 0.762. The molecule has 70 valence electrons. The van der Waals surface area contributed by atoms with Gasteiger partial charge in [0.05, 0.1) is 0 Å². The summed E-state index contributed by atoms with van der Waals surface area (Å²) in [5.41, 5.74) is 0. The highest BCUT2D eigenvalue weighted by atomic mass is 14.9. The van der Waals surface area contributed by atoms with Crippen LogP contribution < -0.4 is 5.32 Å². The molecule has 0 aromatic carbocycles. The summed E-state index contributed by atoms with van der Waals surface area (Å²) in [6.07, 6.45) is 10.2. The van der Waals surface area contributed by atoms with Crippen molar-refractivity contribution in [1.29, 1.82) is 0 Å². The molecule has 0 bridgehead atoms. The lowest BCUT2D eigenvalue weighted by Crippen LogP contribution is -2.26. The van der Waals surface area contributed by atoms with Gasteiger partial charge >= 0.3 is 0 Å². The molecule has 0 saturated heterocycles. The predicted molar refractivity (Wildman–Crippen MR) is 54.2 cm³/mol. The van der Waals surface area contributed by atoms with Gasteiger partial charge in [0.2, 0.25) is 0 Å². The van der Waals surface area contributed by atoms with Crippen molar-refractivity contribution < 1.29 is 0 Å². The molecule has 0 amide bonds. The van der Waals surface area contributed by atoms with E-state index >= 15 is 0 Å². The summed E-state index contributed by atoms with van der Waals surface area (Å²) in [5.74, 6) is 0.891. The van der Waals surface area contributed by atoms with Crippen LogP contribution >= 0.6 is 0 Å². The van der Waals surface area contributed by atoms with Crippen LogP contribution in [0.3, 0.4) is 0 Å². The van der Waals surface area contributed by atoms with Crippen LogP contribution in [-0.2, 0) is 0 Å². The Kier molecular flexibility index (Phi) is 4.37. The van der Waals surface area contributed by atoms with Crippen molar-refractivity contribution in [2.45, 2.75) is 44.6 Å². The summed E-state index contributed by atoms with van der Waals surface area (Å²) < 4.78 is 0. The maximum absolute atomic E-state index is 3.82. The van der Waals surface area contributed by atoms with E-state index in [0.29, 0.717) is 0 Å². The zero-order valence-electron chi connectivity index (χ0n) is 8.18. The van der Waals surface area contributed by atoms with Gasteiger partial charge in [-0.15, -0.1) is 6.58 Å². The molecule has 12 heavy (non-hydrogen) atoms. The summed E-state index contributed by atoms with van der Waals surface area (Å²) in [4.78, 5) is 0. The summed E-state index contributed by atoms with van der Waals surface area (Å²) in [7, 11) is 2.08. The third-order valence-corrected chi connectivity index (χ3v) is 2.94. The minimum atomic E-state index is 0.762. The van der Waals surface area contributed by atoms with Crippen molar-refractivity contribution >= 4 is 0 Å². The molecule has 0 aromatic rings. The van der Waals surface area contributed by atoms with Gasteiger partial charge in [0.1, 0.15) is 0 Å². The molecule has 1 N–H and O–H groups in total. The molecular weight excluding hydrogens is 146 g/mol. The lowest BCUT2D eigenvalue weighted by molar-refractivity contribution is 0.405. The molecule has 1 aliphatic carbocycles. The summed E-state index contributed by atoms with van der Waals surface area (Å²) in [5, 5.41) is 3.40. The molecule has 1 heteroatoms. The maximum Gasteiger partial charge on any atom is 0.00668 e. The second-order valence-electron chi connectivity index (χ2n) is 3.90. The van der Waals surface area contributed by atoms with Gasteiger partial charge < -0.3 is 5.32 Å². The molecule has 2 unspecified atom stereocenters. The fourth-order valence-electron chi connectivity index (χ4n) is 2.17. The van der Waals surface area contributed by atoms with Gasteiger partial charge in [-0.3, -0.25) is 0 Å². The van der Waals surface area contributed by atoms with Gasteiger partial charge in [0.15, 0.2) is 0 Å². The number of rotatable bonds is 3. The van der Waals surface area contributed by atoms with E-state index in [4.69, 9.17) is 0 Å². The van der Waals surface area contributed by atoms with E-state index in [9.17, 15) is 0 Å². The number of hydrogen-bond acceptors (Lipinski definition) is 1. The topological polar surface area (TPSA) is 12.0 Å². The first-order valence-corrected chi connectivity index (χ1v) is 5.15. The Morgan fingerprint density at radius 1 is 1.42 bits per heavy atom. The quantitative estimate of drug-likeness (QED) is 0.503. The second kappa shape index (κ2) is 5.36. The Labute approximate surface area is 76.2 Å². The molecule has 2 atom stereocenters. The van der Waals surface area contributed by atoms with Gasteiger partial charge in [0.25, 0.3) is 0 Å². The Morgan fingerprint density at radius 3 is 2.83 bits per heavy atom. The zero-order chi connectivity index (χ0) is 8.81. The molecule has 1 fully saturated rings. The van der Waals surface area contributed by atoms with Crippen molar-refractivity contribution in [3.05, 3.63) is 12.7 Å². The van der Waals surface area contributed by atoms with Crippen LogP contribution in [0.4, 0.5) is 0 Å². The van der Waals surface area contributed by atoms with E-state index in [1.165, 1.54) is 38.5 Å². The van der Waals surface area contributed by atoms with Gasteiger partial charge in [-0.2, -0.15) is 0 Å². The van der Waals surface area contributed by atoms with Gasteiger partial charge in [0, 0.05) is 6.04 Å². The second-order valence-corrected chi connectivity index (χ2v) is 3.90. The smallest absolute Gasteiger partial charge is 0.00668 e. The third-order valence-electron chi connectivity index (χ3n) is 2.94. The van der Waals surface area contributed by atoms with Crippen LogP contribution in [0.1, 0.15) is 38.5 Å².